The van der Waals surface area contributed by atoms with E-state index in [4.69, 9.17) is 4.42 Å². The molecule has 2 aromatic heterocycles. The Hall–Kier alpha value is -9.96. The normalized spacial score (nSPS) is 11.5. The second kappa shape index (κ2) is 18.6. The molecule has 75 heavy (non-hydrogen) atoms. The van der Waals surface area contributed by atoms with E-state index in [1.807, 2.05) is 12.1 Å². The maximum absolute atomic E-state index is 6.32. The minimum absolute atomic E-state index is 0.894. The summed E-state index contributed by atoms with van der Waals surface area (Å²) in [4.78, 5) is 2.35. The van der Waals surface area contributed by atoms with Crippen LogP contribution in [0.25, 0.3) is 116 Å². The van der Waals surface area contributed by atoms with Crippen molar-refractivity contribution in [2.45, 2.75) is 0 Å². The smallest absolute Gasteiger partial charge is 0.136 e. The van der Waals surface area contributed by atoms with Gasteiger partial charge in [-0.3, -0.25) is 0 Å². The second-order valence-corrected chi connectivity index (χ2v) is 19.3. The molecule has 0 unspecified atom stereocenters. The molecule has 0 fully saturated rings. The van der Waals surface area contributed by atoms with Crippen molar-refractivity contribution in [1.82, 2.24) is 4.57 Å². The summed E-state index contributed by atoms with van der Waals surface area (Å²) in [5.41, 5.74) is 22.6. The summed E-state index contributed by atoms with van der Waals surface area (Å²) in [7, 11) is 0. The van der Waals surface area contributed by atoms with E-state index in [1.165, 1.54) is 66.3 Å². The number of hydrogen-bond donors (Lipinski definition) is 0. The van der Waals surface area contributed by atoms with Crippen LogP contribution in [0.3, 0.4) is 0 Å². The van der Waals surface area contributed by atoms with Crippen LogP contribution in [0.4, 0.5) is 17.1 Å². The largest absolute Gasteiger partial charge is 0.456 e. The van der Waals surface area contributed by atoms with Crippen molar-refractivity contribution in [3.05, 3.63) is 291 Å². The molecular weight excluding hydrogens is 909 g/mol. The molecule has 0 amide bonds. The first kappa shape index (κ1) is 43.8. The highest BCUT2D eigenvalue weighted by Crippen LogP contribution is 2.41. The van der Waals surface area contributed by atoms with Gasteiger partial charge in [0.15, 0.2) is 0 Å². The third kappa shape index (κ3) is 8.04. The van der Waals surface area contributed by atoms with Gasteiger partial charge in [-0.25, -0.2) is 0 Å². The van der Waals surface area contributed by atoms with E-state index in [-0.39, 0.29) is 0 Å². The first-order valence-corrected chi connectivity index (χ1v) is 25.6. The van der Waals surface area contributed by atoms with Crippen molar-refractivity contribution in [3.63, 3.8) is 0 Å². The number of aromatic nitrogens is 1. The van der Waals surface area contributed by atoms with Crippen LogP contribution in [0.2, 0.25) is 0 Å². The molecule has 0 spiro atoms. The highest BCUT2D eigenvalue weighted by molar-refractivity contribution is 6.09. The van der Waals surface area contributed by atoms with Gasteiger partial charge in [-0.2, -0.15) is 0 Å². The lowest BCUT2D eigenvalue weighted by Crippen LogP contribution is -2.09. The lowest BCUT2D eigenvalue weighted by atomic mass is 9.94. The van der Waals surface area contributed by atoms with E-state index in [2.05, 4.69) is 289 Å². The quantitative estimate of drug-likeness (QED) is 0.136. The summed E-state index contributed by atoms with van der Waals surface area (Å²) in [6.45, 7) is 0. The molecule has 0 saturated heterocycles. The SMILES string of the molecule is c1ccc(-c2ccc(-c3ccc(N(c4ccc(-c5ccc(-c6cccc(-n7c8ccccc8c8ccccc87)c6)cc5)cc4)c4ccc(-c5ccccc5-c5ccc6c(c5)oc5ccccc56)cc4)cc3)cc2)cc1. The molecule has 0 aliphatic heterocycles. The number of furan rings is 1. The first-order chi connectivity index (χ1) is 37.2. The highest BCUT2D eigenvalue weighted by atomic mass is 16.3. The highest BCUT2D eigenvalue weighted by Gasteiger charge is 2.17. The lowest BCUT2D eigenvalue weighted by Gasteiger charge is -2.26. The third-order valence-corrected chi connectivity index (χ3v) is 14.9. The number of rotatable bonds is 10. The van der Waals surface area contributed by atoms with Crippen LogP contribution in [-0.4, -0.2) is 4.57 Å². The predicted octanol–water partition coefficient (Wildman–Crippen LogP) is 20.2. The zero-order valence-electron chi connectivity index (χ0n) is 41.0. The Balaban J connectivity index is 0.778. The summed E-state index contributed by atoms with van der Waals surface area (Å²) in [5, 5.41) is 4.80. The number of hydrogen-bond acceptors (Lipinski definition) is 2. The molecule has 12 aromatic carbocycles. The summed E-state index contributed by atoms with van der Waals surface area (Å²) >= 11 is 0. The molecule has 3 heteroatoms. The van der Waals surface area contributed by atoms with Gasteiger partial charge in [0.05, 0.1) is 11.0 Å². The average Bonchev–Trinajstić information content (AvgIpc) is 4.05. The molecule has 3 nitrogen and oxygen atoms in total. The molecule has 0 radical (unpaired) electrons. The van der Waals surface area contributed by atoms with Crippen molar-refractivity contribution >= 4 is 60.8 Å². The summed E-state index contributed by atoms with van der Waals surface area (Å²) in [6.07, 6.45) is 0. The van der Waals surface area contributed by atoms with Crippen molar-refractivity contribution in [3.8, 4) is 72.4 Å². The maximum Gasteiger partial charge on any atom is 0.136 e. The topological polar surface area (TPSA) is 21.3 Å². The summed E-state index contributed by atoms with van der Waals surface area (Å²) in [5.74, 6) is 0. The zero-order chi connectivity index (χ0) is 49.7. The monoisotopic (exact) mass is 956 g/mol. The molecule has 352 valence electrons. The number of fused-ring (bicyclic) bond motifs is 6. The lowest BCUT2D eigenvalue weighted by molar-refractivity contribution is 0.669. The average molecular weight is 957 g/mol. The molecule has 0 N–H and O–H groups in total. The molecule has 14 rings (SSSR count). The van der Waals surface area contributed by atoms with Gasteiger partial charge in [-0.05, 0) is 146 Å². The van der Waals surface area contributed by atoms with E-state index < -0.39 is 0 Å². The van der Waals surface area contributed by atoms with E-state index in [0.29, 0.717) is 0 Å². The predicted molar refractivity (Wildman–Crippen MR) is 315 cm³/mol. The Morgan fingerprint density at radius 1 is 0.240 bits per heavy atom. The van der Waals surface area contributed by atoms with Crippen LogP contribution in [0.15, 0.2) is 296 Å². The standard InChI is InChI=1S/C72H48N2O/c1-2-13-49(14-3-1)50-25-27-51(28-26-50)53-33-40-59(41-34-53)73(61-44-37-56(38-45-61)63-17-4-5-18-64(63)58-39-46-68-67-21-8-11-24-71(67)75-72(68)48-58)60-42-35-54(36-43-60)52-29-31-55(32-30-52)57-15-12-16-62(47-57)74-69-22-9-6-19-65(69)66-20-7-10-23-70(66)74/h1-48H. The van der Waals surface area contributed by atoms with Crippen LogP contribution in [0, 0.1) is 0 Å². The van der Waals surface area contributed by atoms with Gasteiger partial charge in [0.25, 0.3) is 0 Å². The molecule has 2 heterocycles. The number of benzene rings is 12. The van der Waals surface area contributed by atoms with Crippen molar-refractivity contribution in [2.75, 3.05) is 4.90 Å². The summed E-state index contributed by atoms with van der Waals surface area (Å²) in [6, 6.07) is 105. The van der Waals surface area contributed by atoms with Crippen LogP contribution in [0.1, 0.15) is 0 Å². The molecule has 0 saturated carbocycles. The number of para-hydroxylation sites is 3. The fourth-order valence-corrected chi connectivity index (χ4v) is 11.1. The van der Waals surface area contributed by atoms with E-state index in [0.717, 1.165) is 66.9 Å². The van der Waals surface area contributed by atoms with Gasteiger partial charge in [-0.15, -0.1) is 0 Å². The molecular formula is C72H48N2O. The van der Waals surface area contributed by atoms with Crippen molar-refractivity contribution < 1.29 is 4.42 Å². The van der Waals surface area contributed by atoms with Gasteiger partial charge >= 0.3 is 0 Å². The van der Waals surface area contributed by atoms with Crippen molar-refractivity contribution in [2.24, 2.45) is 0 Å². The van der Waals surface area contributed by atoms with Gasteiger partial charge in [-0.1, -0.05) is 212 Å². The first-order valence-electron chi connectivity index (χ1n) is 25.6. The zero-order valence-corrected chi connectivity index (χ0v) is 41.0. The minimum Gasteiger partial charge on any atom is -0.456 e. The Kier molecular flexibility index (Phi) is 10.8. The number of anilines is 3. The Bertz CT molecular complexity index is 4300. The molecule has 0 aliphatic carbocycles. The van der Waals surface area contributed by atoms with E-state index >= 15 is 0 Å². The van der Waals surface area contributed by atoms with Crippen LogP contribution >= 0.6 is 0 Å². The Morgan fingerprint density at radius 3 is 1.19 bits per heavy atom. The summed E-state index contributed by atoms with van der Waals surface area (Å²) < 4.78 is 8.70. The maximum atomic E-state index is 6.32. The van der Waals surface area contributed by atoms with Crippen LogP contribution in [-0.2, 0) is 0 Å². The number of nitrogens with zero attached hydrogens (tertiary/aromatic N) is 2. The van der Waals surface area contributed by atoms with Gasteiger partial charge in [0.2, 0.25) is 0 Å². The second-order valence-electron chi connectivity index (χ2n) is 19.3. The molecule has 14 aromatic rings. The third-order valence-electron chi connectivity index (χ3n) is 14.9. The van der Waals surface area contributed by atoms with E-state index in [9.17, 15) is 0 Å². The molecule has 0 aliphatic rings. The van der Waals surface area contributed by atoms with Crippen LogP contribution in [0.5, 0.6) is 0 Å². The minimum atomic E-state index is 0.894. The Labute approximate surface area is 436 Å². The Morgan fingerprint density at radius 2 is 0.627 bits per heavy atom. The molecule has 0 atom stereocenters. The van der Waals surface area contributed by atoms with Gasteiger partial charge in [0.1, 0.15) is 11.2 Å². The fourth-order valence-electron chi connectivity index (χ4n) is 11.1. The van der Waals surface area contributed by atoms with Gasteiger partial charge in [0, 0.05) is 44.3 Å². The van der Waals surface area contributed by atoms with Gasteiger partial charge < -0.3 is 13.9 Å². The van der Waals surface area contributed by atoms with Crippen LogP contribution < -0.4 is 4.90 Å². The fraction of sp³-hybridized carbons (Fsp3) is 0. The molecule has 0 bridgehead atoms. The van der Waals surface area contributed by atoms with Crippen molar-refractivity contribution in [1.29, 1.82) is 0 Å². The van der Waals surface area contributed by atoms with E-state index in [1.54, 1.807) is 0 Å².